The molecule has 0 bridgehead atoms. The lowest BCUT2D eigenvalue weighted by Gasteiger charge is -2.10. The molecule has 0 saturated carbocycles. The molecule has 1 aromatic heterocycles. The summed E-state index contributed by atoms with van der Waals surface area (Å²) in [6.07, 6.45) is 2.70. The highest BCUT2D eigenvalue weighted by molar-refractivity contribution is 5.79. The molecule has 1 amide bonds. The Hall–Kier alpha value is -1.42. The molecule has 0 spiro atoms. The highest BCUT2D eigenvalue weighted by Crippen LogP contribution is 2.14. The molecular weight excluding hydrogens is 202 g/mol. The Kier molecular flexibility index (Phi) is 3.51. The first-order chi connectivity index (χ1) is 7.75. The number of carbonyl (C=O) groups excluding carboxylic acids is 1. The second-order valence-electron chi connectivity index (χ2n) is 4.29. The molecule has 0 aliphatic carbocycles. The summed E-state index contributed by atoms with van der Waals surface area (Å²) in [6.45, 7) is 2.41. The number of pyridine rings is 1. The van der Waals surface area contributed by atoms with Crippen molar-refractivity contribution < 1.29 is 4.79 Å². The lowest BCUT2D eigenvalue weighted by atomic mass is 10.1. The van der Waals surface area contributed by atoms with Gasteiger partial charge in [0.15, 0.2) is 0 Å². The molecule has 1 saturated heterocycles. The van der Waals surface area contributed by atoms with Crippen molar-refractivity contribution in [2.75, 3.05) is 20.1 Å². The van der Waals surface area contributed by atoms with Crippen LogP contribution in [0.1, 0.15) is 12.1 Å². The van der Waals surface area contributed by atoms with Crippen molar-refractivity contribution >= 4 is 5.91 Å². The molecule has 1 aliphatic heterocycles. The fourth-order valence-corrected chi connectivity index (χ4v) is 1.97. The monoisotopic (exact) mass is 219 g/mol. The summed E-state index contributed by atoms with van der Waals surface area (Å²) in [6, 6.07) is 5.72. The van der Waals surface area contributed by atoms with E-state index in [2.05, 4.69) is 15.2 Å². The molecule has 1 atom stereocenters. The van der Waals surface area contributed by atoms with Gasteiger partial charge in [0, 0.05) is 12.7 Å². The maximum absolute atomic E-state index is 11.8. The SMILES string of the molecule is CN1CCC(C(=O)NCc2ccccn2)C1. The van der Waals surface area contributed by atoms with Gasteiger partial charge in [-0.05, 0) is 32.1 Å². The number of hydrogen-bond acceptors (Lipinski definition) is 3. The van der Waals surface area contributed by atoms with Crippen LogP contribution in [0.25, 0.3) is 0 Å². The van der Waals surface area contributed by atoms with E-state index in [1.54, 1.807) is 6.20 Å². The van der Waals surface area contributed by atoms with Gasteiger partial charge < -0.3 is 10.2 Å². The van der Waals surface area contributed by atoms with E-state index >= 15 is 0 Å². The fourth-order valence-electron chi connectivity index (χ4n) is 1.97. The molecule has 2 rings (SSSR count). The third-order valence-corrected chi connectivity index (χ3v) is 2.93. The van der Waals surface area contributed by atoms with Crippen molar-refractivity contribution in [1.29, 1.82) is 0 Å². The maximum Gasteiger partial charge on any atom is 0.224 e. The second-order valence-corrected chi connectivity index (χ2v) is 4.29. The minimum absolute atomic E-state index is 0.147. The standard InChI is InChI=1S/C12H17N3O/c1-15-7-5-10(9-15)12(16)14-8-11-4-2-3-6-13-11/h2-4,6,10H,5,7-9H2,1H3,(H,14,16). The first-order valence-electron chi connectivity index (χ1n) is 5.62. The number of amides is 1. The Morgan fingerprint density at radius 3 is 3.12 bits per heavy atom. The average Bonchev–Trinajstić information content (AvgIpc) is 2.74. The number of rotatable bonds is 3. The number of carbonyl (C=O) groups is 1. The predicted octanol–water partition coefficient (Wildman–Crippen LogP) is 0.649. The van der Waals surface area contributed by atoms with Gasteiger partial charge in [-0.15, -0.1) is 0 Å². The van der Waals surface area contributed by atoms with Crippen LogP contribution in [0, 0.1) is 5.92 Å². The van der Waals surface area contributed by atoms with Crippen LogP contribution in [0.15, 0.2) is 24.4 Å². The van der Waals surface area contributed by atoms with Crippen molar-refractivity contribution in [2.24, 2.45) is 5.92 Å². The Morgan fingerprint density at radius 2 is 2.50 bits per heavy atom. The van der Waals surface area contributed by atoms with Crippen molar-refractivity contribution in [1.82, 2.24) is 15.2 Å². The first-order valence-corrected chi connectivity index (χ1v) is 5.62. The number of likely N-dealkylation sites (tertiary alicyclic amines) is 1. The van der Waals surface area contributed by atoms with Crippen LogP contribution < -0.4 is 5.32 Å². The highest BCUT2D eigenvalue weighted by Gasteiger charge is 2.25. The Morgan fingerprint density at radius 1 is 1.62 bits per heavy atom. The van der Waals surface area contributed by atoms with E-state index in [9.17, 15) is 4.79 Å². The van der Waals surface area contributed by atoms with Gasteiger partial charge in [-0.25, -0.2) is 0 Å². The van der Waals surface area contributed by atoms with Gasteiger partial charge in [0.05, 0.1) is 18.2 Å². The van der Waals surface area contributed by atoms with Crippen LogP contribution >= 0.6 is 0 Å². The zero-order valence-corrected chi connectivity index (χ0v) is 9.52. The van der Waals surface area contributed by atoms with Gasteiger partial charge in [-0.3, -0.25) is 9.78 Å². The van der Waals surface area contributed by atoms with Gasteiger partial charge >= 0.3 is 0 Å². The van der Waals surface area contributed by atoms with E-state index in [1.165, 1.54) is 0 Å². The van der Waals surface area contributed by atoms with Gasteiger partial charge in [-0.1, -0.05) is 6.07 Å². The van der Waals surface area contributed by atoms with Crippen molar-refractivity contribution in [3.8, 4) is 0 Å². The molecule has 1 N–H and O–H groups in total. The number of nitrogens with zero attached hydrogens (tertiary/aromatic N) is 2. The number of nitrogens with one attached hydrogen (secondary N) is 1. The van der Waals surface area contributed by atoms with Gasteiger partial charge in [0.2, 0.25) is 5.91 Å². The highest BCUT2D eigenvalue weighted by atomic mass is 16.1. The fraction of sp³-hybridized carbons (Fsp3) is 0.500. The third kappa shape index (κ3) is 2.79. The van der Waals surface area contributed by atoms with Crippen LogP contribution in [0.4, 0.5) is 0 Å². The van der Waals surface area contributed by atoms with Crippen LogP contribution in [0.3, 0.4) is 0 Å². The zero-order valence-electron chi connectivity index (χ0n) is 9.52. The minimum atomic E-state index is 0.147. The van der Waals surface area contributed by atoms with Crippen molar-refractivity contribution in [3.05, 3.63) is 30.1 Å². The summed E-state index contributed by atoms with van der Waals surface area (Å²) in [7, 11) is 2.05. The minimum Gasteiger partial charge on any atom is -0.350 e. The lowest BCUT2D eigenvalue weighted by molar-refractivity contribution is -0.124. The summed E-state index contributed by atoms with van der Waals surface area (Å²) in [5, 5.41) is 2.93. The molecule has 4 nitrogen and oxygen atoms in total. The quantitative estimate of drug-likeness (QED) is 0.812. The molecule has 1 unspecified atom stereocenters. The zero-order chi connectivity index (χ0) is 11.4. The van der Waals surface area contributed by atoms with E-state index < -0.39 is 0 Å². The van der Waals surface area contributed by atoms with Crippen LogP contribution in [0.2, 0.25) is 0 Å². The predicted molar refractivity (Wildman–Crippen MR) is 61.7 cm³/mol. The normalized spacial score (nSPS) is 20.9. The molecule has 16 heavy (non-hydrogen) atoms. The summed E-state index contributed by atoms with van der Waals surface area (Å²) >= 11 is 0. The maximum atomic E-state index is 11.8. The molecule has 1 fully saturated rings. The molecule has 1 aliphatic rings. The first kappa shape index (κ1) is 11.1. The van der Waals surface area contributed by atoms with E-state index in [0.717, 1.165) is 25.2 Å². The van der Waals surface area contributed by atoms with Crippen LogP contribution in [-0.2, 0) is 11.3 Å². The summed E-state index contributed by atoms with van der Waals surface area (Å²) in [5.74, 6) is 0.295. The third-order valence-electron chi connectivity index (χ3n) is 2.93. The lowest BCUT2D eigenvalue weighted by Crippen LogP contribution is -2.31. The van der Waals surface area contributed by atoms with E-state index in [4.69, 9.17) is 0 Å². The topological polar surface area (TPSA) is 45.2 Å². The summed E-state index contributed by atoms with van der Waals surface area (Å²) in [5.41, 5.74) is 0.905. The Balaban J connectivity index is 1.80. The van der Waals surface area contributed by atoms with Gasteiger partial charge in [0.1, 0.15) is 0 Å². The van der Waals surface area contributed by atoms with E-state index in [-0.39, 0.29) is 11.8 Å². The summed E-state index contributed by atoms with van der Waals surface area (Å²) < 4.78 is 0. The Labute approximate surface area is 95.7 Å². The number of hydrogen-bond donors (Lipinski definition) is 1. The van der Waals surface area contributed by atoms with E-state index in [1.807, 2.05) is 25.2 Å². The molecule has 1 aromatic rings. The molecule has 0 radical (unpaired) electrons. The van der Waals surface area contributed by atoms with Crippen molar-refractivity contribution in [2.45, 2.75) is 13.0 Å². The van der Waals surface area contributed by atoms with Crippen LogP contribution in [-0.4, -0.2) is 35.9 Å². The molecule has 86 valence electrons. The Bertz CT molecular complexity index is 353. The molecular formula is C12H17N3O. The average molecular weight is 219 g/mol. The second kappa shape index (κ2) is 5.07. The smallest absolute Gasteiger partial charge is 0.224 e. The number of aromatic nitrogens is 1. The van der Waals surface area contributed by atoms with Gasteiger partial charge in [-0.2, -0.15) is 0 Å². The molecule has 2 heterocycles. The molecule has 4 heteroatoms. The van der Waals surface area contributed by atoms with Gasteiger partial charge in [0.25, 0.3) is 0 Å². The largest absolute Gasteiger partial charge is 0.350 e. The summed E-state index contributed by atoms with van der Waals surface area (Å²) in [4.78, 5) is 18.2. The van der Waals surface area contributed by atoms with Crippen LogP contribution in [0.5, 0.6) is 0 Å². The van der Waals surface area contributed by atoms with E-state index in [0.29, 0.717) is 6.54 Å². The van der Waals surface area contributed by atoms with Crippen molar-refractivity contribution in [3.63, 3.8) is 0 Å². The molecule has 0 aromatic carbocycles.